The molecule has 3 aromatic heterocycles. The Hall–Kier alpha value is -3.48. The van der Waals surface area contributed by atoms with Crippen molar-refractivity contribution in [3.8, 4) is 17.2 Å². The van der Waals surface area contributed by atoms with Crippen LogP contribution in [0, 0.1) is 41.4 Å². The van der Waals surface area contributed by atoms with E-state index in [1.54, 1.807) is 24.1 Å². The van der Waals surface area contributed by atoms with Gasteiger partial charge in [0.15, 0.2) is 0 Å². The number of thiophene rings is 1. The van der Waals surface area contributed by atoms with Crippen LogP contribution in [0.25, 0.3) is 21.3 Å². The van der Waals surface area contributed by atoms with Crippen molar-refractivity contribution in [1.82, 2.24) is 14.9 Å². The fraction of sp³-hybridized carbons (Fsp3) is 0.429. The predicted octanol–water partition coefficient (Wildman–Crippen LogP) is 3.29. The Morgan fingerprint density at radius 2 is 1.97 bits per heavy atom. The minimum Gasteiger partial charge on any atom is -0.337 e. The molecule has 3 aliphatic rings. The number of carbonyl (C=O) groups excluding carboxylic acids is 3. The van der Waals surface area contributed by atoms with Crippen molar-refractivity contribution >= 4 is 39.0 Å². The summed E-state index contributed by atoms with van der Waals surface area (Å²) >= 11 is 1.48. The second-order valence-electron chi connectivity index (χ2n) is 11.1. The van der Waals surface area contributed by atoms with E-state index >= 15 is 0 Å². The van der Waals surface area contributed by atoms with E-state index in [4.69, 9.17) is 5.73 Å². The summed E-state index contributed by atoms with van der Waals surface area (Å²) in [7, 11) is 0. The summed E-state index contributed by atoms with van der Waals surface area (Å²) in [6.45, 7) is 6.79. The van der Waals surface area contributed by atoms with Crippen molar-refractivity contribution < 1.29 is 14.4 Å². The molecule has 4 heterocycles. The van der Waals surface area contributed by atoms with Crippen LogP contribution in [0.15, 0.2) is 24.4 Å². The molecule has 2 aliphatic carbocycles. The molecule has 3 atom stereocenters. The minimum absolute atomic E-state index is 0.0517. The highest BCUT2D eigenvalue weighted by atomic mass is 32.1. The highest BCUT2D eigenvalue weighted by molar-refractivity contribution is 7.19. The standard InChI is InChI=1S/C28H27N5O3S/c1-13-21(27(36)33-7-5-14(30)12-33)18(8-15(11-29)32-13)17-4-6-31-20-10-16(37-26(17)20)9-19-24(34)22-23(25(19)35)28(22,2)3/h4,6,8,10,14,19,22-23H,5,7,9,12,30H2,1-3H3/t14-,19?,22?,23?/m1/s1. The molecule has 2 unspecified atom stereocenters. The Kier molecular flexibility index (Phi) is 5.34. The van der Waals surface area contributed by atoms with Crippen molar-refractivity contribution in [1.29, 1.82) is 5.26 Å². The summed E-state index contributed by atoms with van der Waals surface area (Å²) in [5, 5.41) is 9.60. The highest BCUT2D eigenvalue weighted by Gasteiger charge is 2.72. The second-order valence-corrected chi connectivity index (χ2v) is 12.2. The number of aryl methyl sites for hydroxylation is 1. The molecule has 1 amide bonds. The first-order valence-electron chi connectivity index (χ1n) is 12.5. The maximum absolute atomic E-state index is 13.6. The van der Waals surface area contributed by atoms with Crippen LogP contribution >= 0.6 is 11.3 Å². The van der Waals surface area contributed by atoms with Gasteiger partial charge in [0.2, 0.25) is 0 Å². The maximum atomic E-state index is 13.6. The SMILES string of the molecule is Cc1nc(C#N)cc(-c2ccnc3cc(CC4C(=O)C5C(C4=O)C5(C)C)sc23)c1C(=O)N1CC[C@@H](N)C1. The van der Waals surface area contributed by atoms with Crippen LogP contribution in [0.5, 0.6) is 0 Å². The number of hydrogen-bond acceptors (Lipinski definition) is 8. The molecule has 0 bridgehead atoms. The van der Waals surface area contributed by atoms with Crippen LogP contribution in [-0.4, -0.2) is 51.5 Å². The van der Waals surface area contributed by atoms with E-state index in [0.29, 0.717) is 36.3 Å². The number of nitrogens with zero attached hydrogens (tertiary/aromatic N) is 4. The number of pyridine rings is 2. The van der Waals surface area contributed by atoms with Gasteiger partial charge in [-0.25, -0.2) is 4.98 Å². The van der Waals surface area contributed by atoms with Gasteiger partial charge >= 0.3 is 0 Å². The zero-order chi connectivity index (χ0) is 26.2. The number of ketones is 2. The summed E-state index contributed by atoms with van der Waals surface area (Å²) in [6, 6.07) is 7.48. The third-order valence-corrected chi connectivity index (χ3v) is 9.51. The number of amides is 1. The fourth-order valence-corrected chi connectivity index (χ4v) is 7.51. The van der Waals surface area contributed by atoms with E-state index in [2.05, 4.69) is 16.0 Å². The van der Waals surface area contributed by atoms with Gasteiger partial charge in [-0.15, -0.1) is 11.3 Å². The number of nitrogens with two attached hydrogens (primary N) is 1. The van der Waals surface area contributed by atoms with Crippen molar-refractivity contribution in [3.05, 3.63) is 46.2 Å². The van der Waals surface area contributed by atoms with Crippen LogP contribution < -0.4 is 5.73 Å². The number of rotatable bonds is 4. The molecular formula is C28H27N5O3S. The Morgan fingerprint density at radius 1 is 1.24 bits per heavy atom. The van der Waals surface area contributed by atoms with Crippen molar-refractivity contribution in [2.45, 2.75) is 39.7 Å². The third kappa shape index (κ3) is 3.62. The lowest BCUT2D eigenvalue weighted by Crippen LogP contribution is -2.32. The minimum atomic E-state index is -0.593. The largest absolute Gasteiger partial charge is 0.337 e. The van der Waals surface area contributed by atoms with Crippen LogP contribution in [0.3, 0.4) is 0 Å². The van der Waals surface area contributed by atoms with E-state index in [9.17, 15) is 19.6 Å². The van der Waals surface area contributed by atoms with E-state index < -0.39 is 5.92 Å². The zero-order valence-electron chi connectivity index (χ0n) is 20.9. The van der Waals surface area contributed by atoms with Crippen molar-refractivity contribution in [2.24, 2.45) is 28.9 Å². The number of fused-ring (bicyclic) bond motifs is 2. The van der Waals surface area contributed by atoms with Crippen LogP contribution in [-0.2, 0) is 16.0 Å². The summed E-state index contributed by atoms with van der Waals surface area (Å²) in [5.74, 6) is -0.918. The smallest absolute Gasteiger partial charge is 0.256 e. The van der Waals surface area contributed by atoms with Gasteiger partial charge in [0.1, 0.15) is 23.3 Å². The Bertz CT molecular complexity index is 1530. The van der Waals surface area contributed by atoms with E-state index in [1.165, 1.54) is 11.3 Å². The molecule has 9 heteroatoms. The van der Waals surface area contributed by atoms with Gasteiger partial charge in [-0.3, -0.25) is 19.4 Å². The summed E-state index contributed by atoms with van der Waals surface area (Å²) < 4.78 is 0.850. The average Bonchev–Trinajstić information content (AvgIpc) is 3.24. The molecule has 0 aromatic carbocycles. The molecule has 2 saturated carbocycles. The second kappa shape index (κ2) is 8.27. The molecule has 1 aliphatic heterocycles. The van der Waals surface area contributed by atoms with Gasteiger partial charge in [0.25, 0.3) is 5.91 Å². The number of nitriles is 1. The quantitative estimate of drug-likeness (QED) is 0.530. The summed E-state index contributed by atoms with van der Waals surface area (Å²) in [4.78, 5) is 51.0. The van der Waals surface area contributed by atoms with Crippen LogP contribution in [0.2, 0.25) is 0 Å². The van der Waals surface area contributed by atoms with Crippen molar-refractivity contribution in [3.63, 3.8) is 0 Å². The molecule has 37 heavy (non-hydrogen) atoms. The first kappa shape index (κ1) is 23.9. The van der Waals surface area contributed by atoms with E-state index in [1.807, 2.05) is 26.0 Å². The normalized spacial score (nSPS) is 26.0. The summed E-state index contributed by atoms with van der Waals surface area (Å²) in [5.41, 5.74) is 9.17. The molecule has 3 aromatic rings. The molecular weight excluding hydrogens is 486 g/mol. The topological polar surface area (TPSA) is 130 Å². The van der Waals surface area contributed by atoms with Crippen LogP contribution in [0.1, 0.15) is 46.9 Å². The van der Waals surface area contributed by atoms with Gasteiger partial charge in [0, 0.05) is 53.2 Å². The Morgan fingerprint density at radius 3 is 2.62 bits per heavy atom. The lowest BCUT2D eigenvalue weighted by Gasteiger charge is -2.20. The first-order valence-corrected chi connectivity index (χ1v) is 13.3. The van der Waals surface area contributed by atoms with Gasteiger partial charge < -0.3 is 10.6 Å². The molecule has 0 spiro atoms. The first-order chi connectivity index (χ1) is 17.6. The Balaban J connectivity index is 1.40. The zero-order valence-corrected chi connectivity index (χ0v) is 21.8. The lowest BCUT2D eigenvalue weighted by atomic mass is 9.88. The van der Waals surface area contributed by atoms with E-state index in [-0.39, 0.29) is 46.5 Å². The molecule has 3 fully saturated rings. The molecule has 8 nitrogen and oxygen atoms in total. The number of carbonyl (C=O) groups is 3. The lowest BCUT2D eigenvalue weighted by molar-refractivity contribution is -0.131. The molecule has 6 rings (SSSR count). The molecule has 0 radical (unpaired) electrons. The molecule has 188 valence electrons. The van der Waals surface area contributed by atoms with Gasteiger partial charge in [-0.2, -0.15) is 5.26 Å². The molecule has 2 N–H and O–H groups in total. The predicted molar refractivity (Wildman–Crippen MR) is 139 cm³/mol. The number of aromatic nitrogens is 2. The molecule has 1 saturated heterocycles. The number of hydrogen-bond donors (Lipinski definition) is 1. The fourth-order valence-electron chi connectivity index (χ4n) is 6.32. The van der Waals surface area contributed by atoms with E-state index in [0.717, 1.165) is 27.1 Å². The highest BCUT2D eigenvalue weighted by Crippen LogP contribution is 2.65. The number of Topliss-reactive ketones (excluding diaryl/α,β-unsaturated/α-hetero) is 2. The van der Waals surface area contributed by atoms with Crippen molar-refractivity contribution in [2.75, 3.05) is 13.1 Å². The number of likely N-dealkylation sites (tertiary alicyclic amines) is 1. The van der Waals surface area contributed by atoms with Gasteiger partial charge in [-0.05, 0) is 43.4 Å². The Labute approximate surface area is 218 Å². The monoisotopic (exact) mass is 513 g/mol. The van der Waals surface area contributed by atoms with Gasteiger partial charge in [0.05, 0.1) is 27.4 Å². The van der Waals surface area contributed by atoms with Crippen LogP contribution in [0.4, 0.5) is 0 Å². The maximum Gasteiger partial charge on any atom is 0.256 e. The van der Waals surface area contributed by atoms with Gasteiger partial charge in [-0.1, -0.05) is 13.8 Å². The average molecular weight is 514 g/mol. The third-order valence-electron chi connectivity index (χ3n) is 8.33. The summed E-state index contributed by atoms with van der Waals surface area (Å²) in [6.07, 6.45) is 2.80.